The van der Waals surface area contributed by atoms with Crippen molar-refractivity contribution in [2.75, 3.05) is 13.2 Å². The molecule has 0 spiro atoms. The van der Waals surface area contributed by atoms with Gasteiger partial charge in [0.15, 0.2) is 6.29 Å². The highest BCUT2D eigenvalue weighted by Crippen LogP contribution is 2.43. The van der Waals surface area contributed by atoms with Gasteiger partial charge in [0.2, 0.25) is 0 Å². The Hall–Kier alpha value is -3.82. The molecule has 1 aliphatic rings. The van der Waals surface area contributed by atoms with Crippen LogP contribution in [-0.2, 0) is 5.54 Å². The Morgan fingerprint density at radius 1 is 0.656 bits per heavy atom. The molecule has 4 aromatic rings. The summed E-state index contributed by atoms with van der Waals surface area (Å²) >= 11 is 0. The lowest BCUT2D eigenvalue weighted by molar-refractivity contribution is 0.112. The maximum atomic E-state index is 11.7. The molecule has 1 aliphatic heterocycles. The van der Waals surface area contributed by atoms with Gasteiger partial charge in [-0.3, -0.25) is 14.7 Å². The first-order chi connectivity index (χ1) is 15.8. The molecule has 3 nitrogen and oxygen atoms in total. The van der Waals surface area contributed by atoms with Crippen molar-refractivity contribution >= 4 is 12.0 Å². The molecule has 0 fully saturated rings. The number of carbonyl (C=O) groups is 1. The molecule has 5 rings (SSSR count). The van der Waals surface area contributed by atoms with Crippen LogP contribution in [0, 0.1) is 0 Å². The molecule has 0 atom stereocenters. The van der Waals surface area contributed by atoms with Gasteiger partial charge in [0.1, 0.15) is 0 Å². The average Bonchev–Trinajstić information content (AvgIpc) is 3.37. The Bertz CT molecular complexity index is 1140. The molecule has 0 aromatic heterocycles. The fourth-order valence-electron chi connectivity index (χ4n) is 4.79. The van der Waals surface area contributed by atoms with Gasteiger partial charge >= 0.3 is 0 Å². The number of carbonyl (C=O) groups excluding carboxylic acids is 1. The molecule has 0 unspecified atom stereocenters. The van der Waals surface area contributed by atoms with Crippen molar-refractivity contribution in [1.82, 2.24) is 4.90 Å². The van der Waals surface area contributed by atoms with Gasteiger partial charge in [0, 0.05) is 17.7 Å². The molecular formula is C29H24N2O. The van der Waals surface area contributed by atoms with Crippen LogP contribution in [0.25, 0.3) is 0 Å². The van der Waals surface area contributed by atoms with Crippen LogP contribution in [0.1, 0.15) is 32.6 Å². The maximum Gasteiger partial charge on any atom is 0.150 e. The van der Waals surface area contributed by atoms with Crippen LogP contribution in [-0.4, -0.2) is 30.1 Å². The van der Waals surface area contributed by atoms with E-state index in [0.29, 0.717) is 18.8 Å². The van der Waals surface area contributed by atoms with E-state index in [2.05, 4.69) is 95.9 Å². The summed E-state index contributed by atoms with van der Waals surface area (Å²) in [6.45, 7) is 1.19. The second-order valence-corrected chi connectivity index (χ2v) is 7.96. The summed E-state index contributed by atoms with van der Waals surface area (Å²) < 4.78 is 0. The molecule has 0 saturated carbocycles. The summed E-state index contributed by atoms with van der Waals surface area (Å²) in [7, 11) is 0. The summed E-state index contributed by atoms with van der Waals surface area (Å²) in [4.78, 5) is 19.0. The van der Waals surface area contributed by atoms with Crippen molar-refractivity contribution in [2.24, 2.45) is 4.99 Å². The van der Waals surface area contributed by atoms with Crippen molar-refractivity contribution in [2.45, 2.75) is 5.54 Å². The van der Waals surface area contributed by atoms with E-state index in [-0.39, 0.29) is 0 Å². The minimum Gasteiger partial charge on any atom is -0.298 e. The number of hydrogen-bond donors (Lipinski definition) is 0. The fraction of sp³-hybridized carbons (Fsp3) is 0.103. The van der Waals surface area contributed by atoms with E-state index in [4.69, 9.17) is 4.99 Å². The molecule has 0 amide bonds. The quantitative estimate of drug-likeness (QED) is 0.305. The third-order valence-electron chi connectivity index (χ3n) is 6.22. The molecule has 1 heterocycles. The summed E-state index contributed by atoms with van der Waals surface area (Å²) in [6.07, 6.45) is 0.916. The number of aliphatic imine (C=N–C) groups is 1. The van der Waals surface area contributed by atoms with Gasteiger partial charge in [-0.05, 0) is 16.7 Å². The van der Waals surface area contributed by atoms with Gasteiger partial charge in [0.05, 0.1) is 17.9 Å². The Kier molecular flexibility index (Phi) is 5.49. The van der Waals surface area contributed by atoms with Crippen LogP contribution in [0.5, 0.6) is 0 Å². The second-order valence-electron chi connectivity index (χ2n) is 7.96. The summed E-state index contributed by atoms with van der Waals surface area (Å²) in [5.41, 5.74) is 5.60. The molecule has 0 radical (unpaired) electrons. The van der Waals surface area contributed by atoms with E-state index in [1.165, 1.54) is 16.7 Å². The summed E-state index contributed by atoms with van der Waals surface area (Å²) in [5, 5.41) is 0. The molecular weight excluding hydrogens is 392 g/mol. The van der Waals surface area contributed by atoms with E-state index in [1.54, 1.807) is 0 Å². The van der Waals surface area contributed by atoms with Crippen LogP contribution in [0.15, 0.2) is 120 Å². The van der Waals surface area contributed by atoms with Crippen LogP contribution in [0.4, 0.5) is 0 Å². The van der Waals surface area contributed by atoms with Gasteiger partial charge in [-0.15, -0.1) is 0 Å². The fourth-order valence-corrected chi connectivity index (χ4v) is 4.79. The maximum absolute atomic E-state index is 11.7. The molecule has 156 valence electrons. The molecule has 0 aliphatic carbocycles. The summed E-state index contributed by atoms with van der Waals surface area (Å²) in [5.74, 6) is 0. The van der Waals surface area contributed by atoms with Gasteiger partial charge in [-0.25, -0.2) is 0 Å². The number of aldehydes is 1. The Morgan fingerprint density at radius 2 is 1.12 bits per heavy atom. The topological polar surface area (TPSA) is 32.7 Å². The molecule has 32 heavy (non-hydrogen) atoms. The number of rotatable bonds is 6. The zero-order chi connectivity index (χ0) is 21.8. The highest BCUT2D eigenvalue weighted by molar-refractivity contribution is 6.08. The van der Waals surface area contributed by atoms with Crippen LogP contribution >= 0.6 is 0 Å². The largest absolute Gasteiger partial charge is 0.298 e. The van der Waals surface area contributed by atoms with E-state index in [1.807, 2.05) is 24.3 Å². The lowest BCUT2D eigenvalue weighted by atomic mass is 9.75. The Labute approximate surface area is 188 Å². The number of nitrogens with zero attached hydrogens (tertiary/aromatic N) is 2. The van der Waals surface area contributed by atoms with Crippen LogP contribution in [0.3, 0.4) is 0 Å². The normalized spacial score (nSPS) is 14.2. The molecule has 4 aromatic carbocycles. The highest BCUT2D eigenvalue weighted by atomic mass is 16.1. The second kappa shape index (κ2) is 8.74. The molecule has 0 saturated heterocycles. The predicted molar refractivity (Wildman–Crippen MR) is 129 cm³/mol. The van der Waals surface area contributed by atoms with Gasteiger partial charge < -0.3 is 0 Å². The third-order valence-corrected chi connectivity index (χ3v) is 6.22. The molecule has 0 bridgehead atoms. The highest BCUT2D eigenvalue weighted by Gasteiger charge is 2.44. The zero-order valence-electron chi connectivity index (χ0n) is 17.8. The lowest BCUT2D eigenvalue weighted by Crippen LogP contribution is -2.47. The minimum absolute atomic E-state index is 0.509. The Balaban J connectivity index is 1.69. The van der Waals surface area contributed by atoms with E-state index in [0.717, 1.165) is 17.6 Å². The van der Waals surface area contributed by atoms with Gasteiger partial charge in [0.25, 0.3) is 0 Å². The predicted octanol–water partition coefficient (Wildman–Crippen LogP) is 5.55. The van der Waals surface area contributed by atoms with Crippen LogP contribution in [0.2, 0.25) is 0 Å². The third kappa shape index (κ3) is 3.37. The Morgan fingerprint density at radius 3 is 1.62 bits per heavy atom. The first-order valence-corrected chi connectivity index (χ1v) is 10.8. The standard InChI is InChI=1S/C29H24N2O/c32-21-23-12-10-11-19-27(23)28-20-31(22-30-28)29(24-13-4-1-5-14-24,25-15-6-2-7-16-25)26-17-8-3-9-18-26/h1-19,21H,20,22H2. The van der Waals surface area contributed by atoms with E-state index in [9.17, 15) is 4.79 Å². The minimum atomic E-state index is -0.509. The van der Waals surface area contributed by atoms with E-state index >= 15 is 0 Å². The van der Waals surface area contributed by atoms with Crippen molar-refractivity contribution < 1.29 is 4.79 Å². The zero-order valence-corrected chi connectivity index (χ0v) is 17.8. The van der Waals surface area contributed by atoms with Gasteiger partial charge in [-0.1, -0.05) is 115 Å². The van der Waals surface area contributed by atoms with Gasteiger partial charge in [-0.2, -0.15) is 0 Å². The average molecular weight is 417 g/mol. The van der Waals surface area contributed by atoms with Crippen molar-refractivity contribution in [1.29, 1.82) is 0 Å². The molecule has 3 heteroatoms. The SMILES string of the molecule is O=Cc1ccccc1C1=NCN(C(c2ccccc2)(c2ccccc2)c2ccccc2)C1. The number of benzene rings is 4. The van der Waals surface area contributed by atoms with Crippen molar-refractivity contribution in [3.8, 4) is 0 Å². The van der Waals surface area contributed by atoms with Crippen molar-refractivity contribution in [3.63, 3.8) is 0 Å². The van der Waals surface area contributed by atoms with Crippen molar-refractivity contribution in [3.05, 3.63) is 143 Å². The van der Waals surface area contributed by atoms with E-state index < -0.39 is 5.54 Å². The smallest absolute Gasteiger partial charge is 0.150 e. The lowest BCUT2D eigenvalue weighted by Gasteiger charge is -2.43. The summed E-state index contributed by atoms with van der Waals surface area (Å²) in [6, 6.07) is 39.6. The first-order valence-electron chi connectivity index (χ1n) is 10.8. The van der Waals surface area contributed by atoms with Crippen LogP contribution < -0.4 is 0 Å². The molecule has 0 N–H and O–H groups in total. The number of hydrogen-bond acceptors (Lipinski definition) is 3. The first kappa shape index (κ1) is 20.1. The monoisotopic (exact) mass is 416 g/mol.